The van der Waals surface area contributed by atoms with Gasteiger partial charge in [-0.1, -0.05) is 24.3 Å². The molecular weight excluding hydrogens is 318 g/mol. The first kappa shape index (κ1) is 16.6. The highest BCUT2D eigenvalue weighted by Crippen LogP contribution is 2.19. The third-order valence-electron chi connectivity index (χ3n) is 3.65. The summed E-state index contributed by atoms with van der Waals surface area (Å²) in [6.45, 7) is 1.89. The number of anilines is 1. The van der Waals surface area contributed by atoms with Crippen LogP contribution in [0.25, 0.3) is 11.0 Å². The van der Waals surface area contributed by atoms with Crippen molar-refractivity contribution < 1.29 is 13.9 Å². The first-order valence-electron chi connectivity index (χ1n) is 7.86. The number of nitrogens with one attached hydrogen (secondary N) is 2. The fourth-order valence-electron chi connectivity index (χ4n) is 2.32. The Morgan fingerprint density at radius 2 is 2.00 bits per heavy atom. The van der Waals surface area contributed by atoms with Crippen LogP contribution in [0, 0.1) is 0 Å². The number of ether oxygens (including phenoxy) is 1. The second kappa shape index (κ2) is 7.53. The number of rotatable bonds is 6. The topological polar surface area (TPSA) is 75.9 Å². The minimum atomic E-state index is -0.252. The number of nitrogens with zero attached hydrogens (tertiary/aromatic N) is 1. The normalized spacial score (nSPS) is 11.4. The number of benzene rings is 2. The predicted octanol–water partition coefficient (Wildman–Crippen LogP) is 3.39. The van der Waals surface area contributed by atoms with Gasteiger partial charge in [-0.2, -0.15) is 5.10 Å². The molecule has 0 aliphatic heterocycles. The number of amides is 1. The van der Waals surface area contributed by atoms with Crippen molar-refractivity contribution >= 4 is 28.3 Å². The number of methoxy groups -OCH3 is 1. The van der Waals surface area contributed by atoms with Crippen molar-refractivity contribution in [2.45, 2.75) is 6.92 Å². The van der Waals surface area contributed by atoms with Crippen LogP contribution >= 0.6 is 0 Å². The molecule has 0 unspecified atom stereocenters. The summed E-state index contributed by atoms with van der Waals surface area (Å²) >= 11 is 0. The van der Waals surface area contributed by atoms with Crippen LogP contribution in [0.3, 0.4) is 0 Å². The van der Waals surface area contributed by atoms with E-state index in [0.29, 0.717) is 11.5 Å². The van der Waals surface area contributed by atoms with Crippen LogP contribution in [0.1, 0.15) is 12.7 Å². The maximum Gasteiger partial charge on any atom is 0.259 e. The molecule has 0 radical (unpaired) electrons. The molecule has 0 bridgehead atoms. The van der Waals surface area contributed by atoms with Crippen molar-refractivity contribution in [3.8, 4) is 5.75 Å². The standard InChI is InChI=1S/C19H19N3O3/c1-13(18-10-14-6-3-4-9-17(14)25-18)21-22-19(23)12-20-15-7-5-8-16(11-15)24-2/h3-11,20H,12H2,1-2H3,(H,22,23)/b21-13-. The Labute approximate surface area is 145 Å². The van der Waals surface area contributed by atoms with Crippen molar-refractivity contribution in [1.29, 1.82) is 0 Å². The molecule has 0 atom stereocenters. The molecule has 1 heterocycles. The van der Waals surface area contributed by atoms with E-state index in [4.69, 9.17) is 9.15 Å². The SMILES string of the molecule is COc1cccc(NCC(=O)N/N=C(/C)c2cc3ccccc3o2)c1. The van der Waals surface area contributed by atoms with Crippen LogP contribution in [0.5, 0.6) is 5.75 Å². The zero-order valence-electron chi connectivity index (χ0n) is 14.1. The van der Waals surface area contributed by atoms with Crippen LogP contribution < -0.4 is 15.5 Å². The molecule has 3 rings (SSSR count). The van der Waals surface area contributed by atoms with Gasteiger partial charge in [0.1, 0.15) is 17.0 Å². The van der Waals surface area contributed by atoms with Crippen molar-refractivity contribution in [3.63, 3.8) is 0 Å². The molecule has 0 saturated carbocycles. The molecule has 0 fully saturated rings. The second-order valence-electron chi connectivity index (χ2n) is 5.47. The number of fused-ring (bicyclic) bond motifs is 1. The van der Waals surface area contributed by atoms with Gasteiger partial charge in [0.2, 0.25) is 0 Å². The third kappa shape index (κ3) is 4.17. The first-order valence-corrected chi connectivity index (χ1v) is 7.86. The van der Waals surface area contributed by atoms with Crippen molar-refractivity contribution in [1.82, 2.24) is 5.43 Å². The first-order chi connectivity index (χ1) is 12.2. The third-order valence-corrected chi connectivity index (χ3v) is 3.65. The van der Waals surface area contributed by atoms with Gasteiger partial charge in [-0.25, -0.2) is 5.43 Å². The Kier molecular flexibility index (Phi) is 4.99. The Hall–Kier alpha value is -3.28. The lowest BCUT2D eigenvalue weighted by atomic mass is 10.2. The summed E-state index contributed by atoms with van der Waals surface area (Å²) < 4.78 is 10.8. The minimum Gasteiger partial charge on any atom is -0.497 e. The number of hydrazone groups is 1. The van der Waals surface area contributed by atoms with E-state index in [1.807, 2.05) is 54.6 Å². The number of carbonyl (C=O) groups excluding carboxylic acids is 1. The van der Waals surface area contributed by atoms with E-state index in [-0.39, 0.29) is 12.5 Å². The van der Waals surface area contributed by atoms with Crippen molar-refractivity contribution in [2.75, 3.05) is 19.0 Å². The van der Waals surface area contributed by atoms with Crippen LogP contribution in [-0.2, 0) is 4.79 Å². The van der Waals surface area contributed by atoms with Gasteiger partial charge in [-0.05, 0) is 31.2 Å². The van der Waals surface area contributed by atoms with Gasteiger partial charge < -0.3 is 14.5 Å². The lowest BCUT2D eigenvalue weighted by Crippen LogP contribution is -2.26. The van der Waals surface area contributed by atoms with Crippen molar-refractivity contribution in [3.05, 3.63) is 60.4 Å². The lowest BCUT2D eigenvalue weighted by Gasteiger charge is -2.07. The Morgan fingerprint density at radius 3 is 2.80 bits per heavy atom. The zero-order valence-corrected chi connectivity index (χ0v) is 14.1. The summed E-state index contributed by atoms with van der Waals surface area (Å²) in [7, 11) is 1.60. The van der Waals surface area contributed by atoms with Crippen LogP contribution in [0.2, 0.25) is 0 Å². The molecule has 3 aromatic rings. The van der Waals surface area contributed by atoms with Crippen molar-refractivity contribution in [2.24, 2.45) is 5.10 Å². The Balaban J connectivity index is 1.57. The highest BCUT2D eigenvalue weighted by Gasteiger charge is 2.07. The maximum atomic E-state index is 11.9. The molecule has 2 aromatic carbocycles. The molecule has 128 valence electrons. The maximum absolute atomic E-state index is 11.9. The van der Waals surface area contributed by atoms with Crippen LogP contribution in [-0.4, -0.2) is 25.3 Å². The molecule has 2 N–H and O–H groups in total. The Morgan fingerprint density at radius 1 is 1.16 bits per heavy atom. The highest BCUT2D eigenvalue weighted by atomic mass is 16.5. The lowest BCUT2D eigenvalue weighted by molar-refractivity contribution is -0.119. The monoisotopic (exact) mass is 337 g/mol. The number of carbonyl (C=O) groups is 1. The Bertz CT molecular complexity index is 882. The number of hydrogen-bond donors (Lipinski definition) is 2. The van der Waals surface area contributed by atoms with E-state index in [1.54, 1.807) is 14.0 Å². The molecular formula is C19H19N3O3. The van der Waals surface area contributed by atoms with Gasteiger partial charge in [0.15, 0.2) is 5.76 Å². The summed E-state index contributed by atoms with van der Waals surface area (Å²) in [5.41, 5.74) is 4.71. The van der Waals surface area contributed by atoms with Gasteiger partial charge >= 0.3 is 0 Å². The smallest absolute Gasteiger partial charge is 0.259 e. The number of para-hydroxylation sites is 1. The van der Waals surface area contributed by atoms with Gasteiger partial charge in [0.25, 0.3) is 5.91 Å². The molecule has 1 amide bonds. The van der Waals surface area contributed by atoms with Gasteiger partial charge in [-0.3, -0.25) is 4.79 Å². The predicted molar refractivity (Wildman–Crippen MR) is 98.1 cm³/mol. The van der Waals surface area contributed by atoms with E-state index >= 15 is 0 Å². The fourth-order valence-corrected chi connectivity index (χ4v) is 2.32. The molecule has 25 heavy (non-hydrogen) atoms. The average Bonchev–Trinajstić information content (AvgIpc) is 3.09. The summed E-state index contributed by atoms with van der Waals surface area (Å²) in [6.07, 6.45) is 0. The molecule has 0 aliphatic rings. The highest BCUT2D eigenvalue weighted by molar-refractivity contribution is 6.00. The van der Waals surface area contributed by atoms with Gasteiger partial charge in [-0.15, -0.1) is 0 Å². The number of furan rings is 1. The summed E-state index contributed by atoms with van der Waals surface area (Å²) in [4.78, 5) is 11.9. The molecule has 0 aliphatic carbocycles. The quantitative estimate of drug-likeness (QED) is 0.534. The molecule has 1 aromatic heterocycles. The minimum absolute atomic E-state index is 0.101. The van der Waals surface area contributed by atoms with Gasteiger partial charge in [0, 0.05) is 17.1 Å². The summed E-state index contributed by atoms with van der Waals surface area (Å²) in [5, 5.41) is 8.11. The summed E-state index contributed by atoms with van der Waals surface area (Å²) in [5.74, 6) is 1.10. The van der Waals surface area contributed by atoms with Crippen LogP contribution in [0.15, 0.2) is 64.1 Å². The second-order valence-corrected chi connectivity index (χ2v) is 5.47. The summed E-state index contributed by atoms with van der Waals surface area (Å²) in [6, 6.07) is 17.0. The fraction of sp³-hybridized carbons (Fsp3) is 0.158. The molecule has 6 nitrogen and oxygen atoms in total. The number of hydrogen-bond acceptors (Lipinski definition) is 5. The van der Waals surface area contributed by atoms with E-state index in [0.717, 1.165) is 22.4 Å². The molecule has 0 saturated heterocycles. The van der Waals surface area contributed by atoms with Gasteiger partial charge in [0.05, 0.1) is 13.7 Å². The van der Waals surface area contributed by atoms with Crippen LogP contribution in [0.4, 0.5) is 5.69 Å². The average molecular weight is 337 g/mol. The van der Waals surface area contributed by atoms with E-state index < -0.39 is 0 Å². The van der Waals surface area contributed by atoms with E-state index in [2.05, 4.69) is 15.8 Å². The zero-order chi connectivity index (χ0) is 17.6. The van der Waals surface area contributed by atoms with E-state index in [1.165, 1.54) is 0 Å². The largest absolute Gasteiger partial charge is 0.497 e. The molecule has 0 spiro atoms. The van der Waals surface area contributed by atoms with E-state index in [9.17, 15) is 4.79 Å². The molecule has 6 heteroatoms.